The van der Waals surface area contributed by atoms with Gasteiger partial charge in [0, 0.05) is 5.41 Å². The third-order valence-corrected chi connectivity index (χ3v) is 1.74. The monoisotopic (exact) mass is 174 g/mol. The van der Waals surface area contributed by atoms with Crippen LogP contribution in [-0.2, 0) is 0 Å². The van der Waals surface area contributed by atoms with Crippen LogP contribution in [0.5, 0.6) is 0 Å². The first-order valence-corrected chi connectivity index (χ1v) is 7.45. The van der Waals surface area contributed by atoms with Crippen LogP contribution in [0.1, 0.15) is 20.8 Å². The van der Waals surface area contributed by atoms with Crippen molar-refractivity contribution in [2.45, 2.75) is 33.9 Å². The summed E-state index contributed by atoms with van der Waals surface area (Å²) in [6, 6.07) is 0. The molecule has 0 aliphatic carbocycles. The minimum Gasteiger partial charge on any atom is -0.151 e. The summed E-state index contributed by atoms with van der Waals surface area (Å²) in [6.07, 6.45) is 0. The number of rotatable bonds is 0. The average Bonchev–Trinajstić information content (AvgIpc) is 1.57. The molecule has 0 heterocycles. The van der Waals surface area contributed by atoms with Gasteiger partial charge in [-0.15, -0.1) is 11.5 Å². The van der Waals surface area contributed by atoms with Crippen molar-refractivity contribution >= 4 is 18.5 Å². The fraction of sp³-hybridized carbons (Fsp3) is 0.750. The molecule has 2 heteroatoms. The van der Waals surface area contributed by atoms with Gasteiger partial charge in [0.1, 0.15) is 0 Å². The Morgan fingerprint density at radius 1 is 1.20 bits per heavy atom. The van der Waals surface area contributed by atoms with E-state index in [2.05, 4.69) is 32.2 Å². The third kappa shape index (κ3) is 8.07. The molecule has 0 saturated carbocycles. The maximum Gasteiger partial charge on any atom is 0.228 e. The van der Waals surface area contributed by atoms with E-state index in [-0.39, 0.29) is 5.41 Å². The van der Waals surface area contributed by atoms with E-state index in [9.17, 15) is 0 Å². The molecule has 10 heavy (non-hydrogen) atoms. The maximum atomic E-state index is 6.00. The van der Waals surface area contributed by atoms with E-state index in [1.807, 2.05) is 13.1 Å². The quantitative estimate of drug-likeness (QED) is 0.301. The zero-order chi connectivity index (χ0) is 8.41. The fourth-order valence-electron chi connectivity index (χ4n) is 0.336. The highest BCUT2D eigenvalue weighted by molar-refractivity contribution is 7.23. The lowest BCUT2D eigenvalue weighted by Crippen LogP contribution is -2.14. The molecule has 58 valence electrons. The molecule has 0 radical (unpaired) electrons. The Kier molecular flexibility index (Phi) is 3.00. The van der Waals surface area contributed by atoms with E-state index in [0.717, 1.165) is 0 Å². The van der Waals surface area contributed by atoms with Crippen LogP contribution in [0, 0.1) is 16.9 Å². The second kappa shape index (κ2) is 2.98. The SMILES string of the molecule is CC(C)(C)C#C[Si](C)(C)Cl. The van der Waals surface area contributed by atoms with Crippen LogP contribution in [0.2, 0.25) is 13.1 Å². The third-order valence-electron chi connectivity index (χ3n) is 0.735. The minimum absolute atomic E-state index is 0.0964. The zero-order valence-electron chi connectivity index (χ0n) is 7.38. The molecule has 0 nitrogen and oxygen atoms in total. The molecule has 0 N–H and O–H groups in total. The van der Waals surface area contributed by atoms with Crippen molar-refractivity contribution in [3.63, 3.8) is 0 Å². The molecule has 0 atom stereocenters. The largest absolute Gasteiger partial charge is 0.228 e. The predicted molar refractivity (Wildman–Crippen MR) is 50.6 cm³/mol. The maximum absolute atomic E-state index is 6.00. The Morgan fingerprint density at radius 3 is 1.70 bits per heavy atom. The van der Waals surface area contributed by atoms with Gasteiger partial charge in [0.15, 0.2) is 0 Å². The van der Waals surface area contributed by atoms with Crippen molar-refractivity contribution in [2.24, 2.45) is 5.41 Å². The molecule has 0 unspecified atom stereocenters. The van der Waals surface area contributed by atoms with Gasteiger partial charge in [-0.25, -0.2) is 0 Å². The average molecular weight is 175 g/mol. The van der Waals surface area contributed by atoms with Gasteiger partial charge < -0.3 is 0 Å². The first-order chi connectivity index (χ1) is 4.21. The molecular weight excluding hydrogens is 160 g/mol. The van der Waals surface area contributed by atoms with Crippen LogP contribution >= 0.6 is 11.1 Å². The smallest absolute Gasteiger partial charge is 0.151 e. The molecule has 0 aromatic rings. The first-order valence-electron chi connectivity index (χ1n) is 3.44. The second-order valence-electron chi connectivity index (χ2n) is 3.97. The second-order valence-corrected chi connectivity index (χ2v) is 10.0. The van der Waals surface area contributed by atoms with Gasteiger partial charge in [-0.1, -0.05) is 0 Å². The van der Waals surface area contributed by atoms with Gasteiger partial charge >= 0.3 is 0 Å². The molecule has 0 rings (SSSR count). The Labute approximate surface area is 69.7 Å². The van der Waals surface area contributed by atoms with Gasteiger partial charge in [0.25, 0.3) is 0 Å². The van der Waals surface area contributed by atoms with E-state index >= 15 is 0 Å². The van der Waals surface area contributed by atoms with Crippen molar-refractivity contribution in [1.29, 1.82) is 0 Å². The fourth-order valence-corrected chi connectivity index (χ4v) is 1.15. The summed E-state index contributed by atoms with van der Waals surface area (Å²) >= 11 is 6.00. The Morgan fingerprint density at radius 2 is 1.60 bits per heavy atom. The van der Waals surface area contributed by atoms with Gasteiger partial charge in [-0.2, -0.15) is 11.1 Å². The Bertz CT molecular complexity index is 142. The predicted octanol–water partition coefficient (Wildman–Crippen LogP) is 3.02. The van der Waals surface area contributed by atoms with Crippen LogP contribution in [0.25, 0.3) is 0 Å². The van der Waals surface area contributed by atoms with Crippen molar-refractivity contribution in [3.8, 4) is 11.5 Å². The molecule has 0 fully saturated rings. The molecule has 0 aliphatic rings. The molecule has 0 spiro atoms. The lowest BCUT2D eigenvalue weighted by molar-refractivity contribution is 0.571. The number of hydrogen-bond acceptors (Lipinski definition) is 0. The number of hydrogen-bond donors (Lipinski definition) is 0. The number of halogens is 1. The van der Waals surface area contributed by atoms with Crippen LogP contribution in [0.3, 0.4) is 0 Å². The zero-order valence-corrected chi connectivity index (χ0v) is 9.13. The molecular formula is C8H15ClSi. The Hall–Kier alpha value is 0.0669. The summed E-state index contributed by atoms with van der Waals surface area (Å²) in [5.74, 6) is 3.14. The van der Waals surface area contributed by atoms with Gasteiger partial charge in [0.2, 0.25) is 7.38 Å². The molecule has 0 bridgehead atoms. The topological polar surface area (TPSA) is 0 Å². The van der Waals surface area contributed by atoms with E-state index in [1.54, 1.807) is 0 Å². The van der Waals surface area contributed by atoms with Crippen LogP contribution in [-0.4, -0.2) is 7.38 Å². The molecule has 0 saturated heterocycles. The van der Waals surface area contributed by atoms with Crippen LogP contribution < -0.4 is 0 Å². The van der Waals surface area contributed by atoms with Crippen molar-refractivity contribution in [3.05, 3.63) is 0 Å². The highest BCUT2D eigenvalue weighted by Crippen LogP contribution is 2.12. The summed E-state index contributed by atoms with van der Waals surface area (Å²) in [4.78, 5) is 0. The van der Waals surface area contributed by atoms with Gasteiger partial charge in [-0.05, 0) is 33.9 Å². The van der Waals surface area contributed by atoms with E-state index < -0.39 is 7.38 Å². The van der Waals surface area contributed by atoms with E-state index in [4.69, 9.17) is 11.1 Å². The lowest BCUT2D eigenvalue weighted by Gasteiger charge is -2.09. The molecule has 0 aromatic carbocycles. The van der Waals surface area contributed by atoms with Gasteiger partial charge in [0.05, 0.1) is 0 Å². The highest BCUT2D eigenvalue weighted by Gasteiger charge is 2.13. The van der Waals surface area contributed by atoms with Crippen molar-refractivity contribution in [2.75, 3.05) is 0 Å². The summed E-state index contributed by atoms with van der Waals surface area (Å²) in [5.41, 5.74) is 3.21. The van der Waals surface area contributed by atoms with Gasteiger partial charge in [-0.3, -0.25) is 0 Å². The van der Waals surface area contributed by atoms with Crippen LogP contribution in [0.15, 0.2) is 0 Å². The molecule has 0 aliphatic heterocycles. The standard InChI is InChI=1S/C8H15ClSi/c1-8(2,3)6-7-10(4,5)9/h1-5H3. The van der Waals surface area contributed by atoms with Crippen molar-refractivity contribution in [1.82, 2.24) is 0 Å². The first kappa shape index (κ1) is 10.1. The minimum atomic E-state index is -1.66. The summed E-state index contributed by atoms with van der Waals surface area (Å²) < 4.78 is 0. The summed E-state index contributed by atoms with van der Waals surface area (Å²) in [5, 5.41) is 0. The summed E-state index contributed by atoms with van der Waals surface area (Å²) in [6.45, 7) is 10.4. The molecule has 0 aromatic heterocycles. The lowest BCUT2D eigenvalue weighted by atomic mass is 9.99. The van der Waals surface area contributed by atoms with Crippen LogP contribution in [0.4, 0.5) is 0 Å². The normalized spacial score (nSPS) is 12.2. The van der Waals surface area contributed by atoms with E-state index in [1.165, 1.54) is 0 Å². The van der Waals surface area contributed by atoms with E-state index in [0.29, 0.717) is 0 Å². The summed E-state index contributed by atoms with van der Waals surface area (Å²) in [7, 11) is -1.66. The highest BCUT2D eigenvalue weighted by atomic mass is 35.6. The molecule has 0 amide bonds. The Balaban J connectivity index is 4.19. The van der Waals surface area contributed by atoms with Crippen molar-refractivity contribution < 1.29 is 0 Å².